The van der Waals surface area contributed by atoms with Crippen molar-refractivity contribution >= 4 is 38.9 Å². The predicted octanol–water partition coefficient (Wildman–Crippen LogP) is 4.32. The number of ether oxygens (including phenoxy) is 3. The van der Waals surface area contributed by atoms with Crippen molar-refractivity contribution < 1.29 is 23.4 Å². The van der Waals surface area contributed by atoms with Gasteiger partial charge in [0.2, 0.25) is 9.76 Å². The number of nitrogens with one attached hydrogen (secondary N) is 2. The van der Waals surface area contributed by atoms with Gasteiger partial charge >= 0.3 is 6.03 Å². The summed E-state index contributed by atoms with van der Waals surface area (Å²) < 4.78 is 27.8. The number of hydrogen-bond donors (Lipinski definition) is 2. The number of carbonyl (C=O) groups excluding carboxylic acids is 1. The normalized spacial score (nSPS) is 25.0. The Balaban J connectivity index is 1.45. The minimum atomic E-state index is -0.666. The molecule has 0 spiro atoms. The van der Waals surface area contributed by atoms with Crippen LogP contribution in [0.25, 0.3) is 17.2 Å². The molecule has 5 rings (SSSR count). The molecule has 40 heavy (non-hydrogen) atoms. The lowest BCUT2D eigenvalue weighted by molar-refractivity contribution is -0.163. The number of benzene rings is 1. The lowest BCUT2D eigenvalue weighted by Crippen LogP contribution is -2.48. The molecule has 2 amide bonds. The molecule has 2 aliphatic rings. The Morgan fingerprint density at radius 1 is 1.07 bits per heavy atom. The van der Waals surface area contributed by atoms with E-state index in [1.54, 1.807) is 6.33 Å². The third-order valence-electron chi connectivity index (χ3n) is 6.52. The Morgan fingerprint density at radius 3 is 2.55 bits per heavy atom. The summed E-state index contributed by atoms with van der Waals surface area (Å²) >= 11 is 0. The monoisotopic (exact) mass is 564 g/mol. The molecule has 2 aliphatic heterocycles. The number of hydrogen-bond acceptors (Lipinski definition) is 8. The van der Waals surface area contributed by atoms with E-state index in [2.05, 4.69) is 46.4 Å². The van der Waals surface area contributed by atoms with Crippen LogP contribution >= 0.6 is 0 Å². The van der Waals surface area contributed by atoms with E-state index in [1.165, 1.54) is 6.33 Å². The summed E-state index contributed by atoms with van der Waals surface area (Å²) in [4.78, 5) is 25.4. The molecule has 2 N–H and O–H groups in total. The lowest BCUT2D eigenvalue weighted by Gasteiger charge is -2.36. The van der Waals surface area contributed by atoms with Crippen LogP contribution in [0, 0.1) is 0 Å². The SMILES string of the molecule is CCNC(=O)Nc1ncnc2c1ncn2C1OC(C(C)(C)O[Si]C(C)(C)C)C2OC(C=Cc3ccccc3)OC21. The predicted molar refractivity (Wildman–Crippen MR) is 152 cm³/mol. The molecule has 4 heterocycles. The third-order valence-corrected chi connectivity index (χ3v) is 7.77. The number of aromatic nitrogens is 4. The molecule has 11 nitrogen and oxygen atoms in total. The second kappa shape index (κ2) is 11.4. The van der Waals surface area contributed by atoms with Gasteiger partial charge in [0.25, 0.3) is 0 Å². The zero-order valence-electron chi connectivity index (χ0n) is 23.6. The van der Waals surface area contributed by atoms with Crippen LogP contribution in [0.4, 0.5) is 10.6 Å². The van der Waals surface area contributed by atoms with Crippen LogP contribution in [0.1, 0.15) is 53.3 Å². The molecule has 12 heteroatoms. The van der Waals surface area contributed by atoms with Gasteiger partial charge in [-0.05, 0) is 37.4 Å². The minimum Gasteiger partial charge on any atom is -0.409 e. The molecule has 212 valence electrons. The van der Waals surface area contributed by atoms with Gasteiger partial charge in [-0.25, -0.2) is 19.7 Å². The first-order valence-electron chi connectivity index (χ1n) is 13.4. The summed E-state index contributed by atoms with van der Waals surface area (Å²) in [6, 6.07) is 9.63. The summed E-state index contributed by atoms with van der Waals surface area (Å²) in [5.41, 5.74) is 1.34. The van der Waals surface area contributed by atoms with Crippen molar-refractivity contribution in [1.82, 2.24) is 24.8 Å². The van der Waals surface area contributed by atoms with Gasteiger partial charge in [-0.3, -0.25) is 9.88 Å². The van der Waals surface area contributed by atoms with Crippen LogP contribution in [0.2, 0.25) is 5.04 Å². The van der Waals surface area contributed by atoms with Gasteiger partial charge in [0.15, 0.2) is 29.5 Å². The summed E-state index contributed by atoms with van der Waals surface area (Å²) in [5, 5.41) is 5.44. The Bertz CT molecular complexity index is 1360. The van der Waals surface area contributed by atoms with Gasteiger partial charge in [0, 0.05) is 6.54 Å². The maximum absolute atomic E-state index is 12.2. The Labute approximate surface area is 236 Å². The van der Waals surface area contributed by atoms with Crippen molar-refractivity contribution in [3.63, 3.8) is 0 Å². The van der Waals surface area contributed by atoms with Gasteiger partial charge in [0.05, 0.1) is 11.9 Å². The quantitative estimate of drug-likeness (QED) is 0.388. The number of carbonyl (C=O) groups is 1. The largest absolute Gasteiger partial charge is 0.409 e. The maximum atomic E-state index is 12.2. The van der Waals surface area contributed by atoms with E-state index in [-0.39, 0.29) is 20.8 Å². The number of imidazole rings is 1. The fraction of sp³-hybridized carbons (Fsp3) is 0.500. The second-order valence-corrected chi connectivity index (χ2v) is 13.3. The molecular formula is C28H36N6O5Si. The standard InChI is InChI=1S/C28H36N6O5Si/c1-7-29-26(35)33-23-19-24(31-15-30-23)34(16-32-19)25-21-20(22(38-25)28(5,6)39-40-27(2,3)4)36-18(37-21)14-13-17-11-9-8-10-12-17/h8-16,18,20-22,25H,7H2,1-6H3,(H2,29,30,31,33,35). The van der Waals surface area contributed by atoms with Crippen LogP contribution in [0.15, 0.2) is 49.1 Å². The molecule has 1 aromatic carbocycles. The van der Waals surface area contributed by atoms with Crippen molar-refractivity contribution in [3.8, 4) is 0 Å². The van der Waals surface area contributed by atoms with E-state index in [1.807, 2.05) is 67.8 Å². The lowest BCUT2D eigenvalue weighted by atomic mass is 9.96. The van der Waals surface area contributed by atoms with E-state index in [0.29, 0.717) is 23.5 Å². The number of rotatable bonds is 8. The maximum Gasteiger partial charge on any atom is 0.320 e. The molecule has 0 saturated carbocycles. The summed E-state index contributed by atoms with van der Waals surface area (Å²) in [7, 11) is 0.267. The van der Waals surface area contributed by atoms with Gasteiger partial charge in [-0.15, -0.1) is 0 Å². The van der Waals surface area contributed by atoms with Gasteiger partial charge in [0.1, 0.15) is 24.6 Å². The van der Waals surface area contributed by atoms with Crippen LogP contribution in [-0.4, -0.2) is 72.1 Å². The minimum absolute atomic E-state index is 0.00755. The molecule has 0 bridgehead atoms. The highest BCUT2D eigenvalue weighted by Crippen LogP contribution is 2.45. The molecule has 0 aliphatic carbocycles. The van der Waals surface area contributed by atoms with Crippen LogP contribution < -0.4 is 10.6 Å². The molecule has 2 fully saturated rings. The highest BCUT2D eigenvalue weighted by Gasteiger charge is 2.58. The number of fused-ring (bicyclic) bond motifs is 2. The van der Waals surface area contributed by atoms with E-state index in [4.69, 9.17) is 18.6 Å². The first-order chi connectivity index (χ1) is 19.1. The summed E-state index contributed by atoms with van der Waals surface area (Å²) in [6.45, 7) is 12.8. The highest BCUT2D eigenvalue weighted by molar-refractivity contribution is 6.31. The summed E-state index contributed by atoms with van der Waals surface area (Å²) in [5.74, 6) is 0.308. The number of amides is 2. The van der Waals surface area contributed by atoms with Gasteiger partial charge < -0.3 is 24.0 Å². The first kappa shape index (κ1) is 28.4. The highest BCUT2D eigenvalue weighted by atomic mass is 28.2. The number of anilines is 1. The molecule has 5 atom stereocenters. The van der Waals surface area contributed by atoms with Gasteiger partial charge in [-0.1, -0.05) is 57.2 Å². The van der Waals surface area contributed by atoms with E-state index < -0.39 is 36.4 Å². The van der Waals surface area contributed by atoms with Crippen molar-refractivity contribution in [2.45, 2.75) is 83.0 Å². The topological polar surface area (TPSA) is 122 Å². The van der Waals surface area contributed by atoms with Crippen molar-refractivity contribution in [2.75, 3.05) is 11.9 Å². The molecule has 2 radical (unpaired) electrons. The Morgan fingerprint density at radius 2 is 1.82 bits per heavy atom. The molecule has 5 unspecified atom stereocenters. The fourth-order valence-electron chi connectivity index (χ4n) is 4.69. The zero-order chi connectivity index (χ0) is 28.5. The zero-order valence-corrected chi connectivity index (χ0v) is 24.6. The Hall–Kier alpha value is -3.16. The van der Waals surface area contributed by atoms with E-state index >= 15 is 0 Å². The molecule has 2 saturated heterocycles. The first-order valence-corrected chi connectivity index (χ1v) is 14.3. The fourth-order valence-corrected chi connectivity index (χ4v) is 5.37. The smallest absolute Gasteiger partial charge is 0.320 e. The average Bonchev–Trinajstić information content (AvgIpc) is 3.61. The molecule has 2 aromatic heterocycles. The van der Waals surface area contributed by atoms with Gasteiger partial charge in [-0.2, -0.15) is 0 Å². The average molecular weight is 565 g/mol. The van der Waals surface area contributed by atoms with Crippen molar-refractivity contribution in [1.29, 1.82) is 0 Å². The number of urea groups is 1. The van der Waals surface area contributed by atoms with Crippen LogP contribution in [-0.2, 0) is 18.6 Å². The Kier molecular flexibility index (Phi) is 8.07. The second-order valence-electron chi connectivity index (χ2n) is 11.4. The summed E-state index contributed by atoms with van der Waals surface area (Å²) in [6.07, 6.45) is 4.47. The van der Waals surface area contributed by atoms with Crippen molar-refractivity contribution in [2.24, 2.45) is 0 Å². The van der Waals surface area contributed by atoms with Crippen LogP contribution in [0.3, 0.4) is 0 Å². The molecular weight excluding hydrogens is 528 g/mol. The van der Waals surface area contributed by atoms with Crippen molar-refractivity contribution in [3.05, 3.63) is 54.6 Å². The number of nitrogens with zero attached hydrogens (tertiary/aromatic N) is 4. The third kappa shape index (κ3) is 6.10. The molecule has 3 aromatic rings. The van der Waals surface area contributed by atoms with Crippen LogP contribution in [0.5, 0.6) is 0 Å². The van der Waals surface area contributed by atoms with E-state index in [0.717, 1.165) is 5.56 Å². The van der Waals surface area contributed by atoms with E-state index in [9.17, 15) is 4.79 Å².